The van der Waals surface area contributed by atoms with Gasteiger partial charge in [-0.2, -0.15) is 10.1 Å². The van der Waals surface area contributed by atoms with Gasteiger partial charge in [0.15, 0.2) is 11.3 Å². The summed E-state index contributed by atoms with van der Waals surface area (Å²) in [5.74, 6) is 0.336. The van der Waals surface area contributed by atoms with Crippen LogP contribution in [0.5, 0.6) is 0 Å². The molecular formula is C15H18N6O. The average molecular weight is 298 g/mol. The van der Waals surface area contributed by atoms with Crippen LogP contribution in [0, 0.1) is 13.8 Å². The van der Waals surface area contributed by atoms with Gasteiger partial charge < -0.3 is 5.32 Å². The van der Waals surface area contributed by atoms with Crippen molar-refractivity contribution in [2.24, 2.45) is 0 Å². The lowest BCUT2D eigenvalue weighted by Gasteiger charge is -2.22. The number of fused-ring (bicyclic) bond motifs is 3. The summed E-state index contributed by atoms with van der Waals surface area (Å²) in [7, 11) is 0. The van der Waals surface area contributed by atoms with Gasteiger partial charge in [0, 0.05) is 12.0 Å². The van der Waals surface area contributed by atoms with E-state index in [2.05, 4.69) is 25.6 Å². The molecule has 0 aliphatic carbocycles. The third-order valence-electron chi connectivity index (χ3n) is 4.60. The van der Waals surface area contributed by atoms with Crippen molar-refractivity contribution in [3.63, 3.8) is 0 Å². The Morgan fingerprint density at radius 3 is 2.82 bits per heavy atom. The molecule has 1 aliphatic heterocycles. The highest BCUT2D eigenvalue weighted by Gasteiger charge is 2.22. The minimum Gasteiger partial charge on any atom is -0.317 e. The van der Waals surface area contributed by atoms with Crippen LogP contribution < -0.4 is 10.9 Å². The minimum atomic E-state index is -0.198. The molecule has 0 spiro atoms. The van der Waals surface area contributed by atoms with Gasteiger partial charge in [0.25, 0.3) is 5.56 Å². The molecule has 0 unspecified atom stereocenters. The van der Waals surface area contributed by atoms with E-state index < -0.39 is 0 Å². The Morgan fingerprint density at radius 2 is 2.05 bits per heavy atom. The first kappa shape index (κ1) is 13.4. The summed E-state index contributed by atoms with van der Waals surface area (Å²) < 4.78 is 1.83. The van der Waals surface area contributed by atoms with Gasteiger partial charge in [0.1, 0.15) is 0 Å². The summed E-state index contributed by atoms with van der Waals surface area (Å²) in [5, 5.41) is 16.1. The van der Waals surface area contributed by atoms with E-state index in [1.165, 1.54) is 0 Å². The Balaban J connectivity index is 2.06. The Bertz CT molecular complexity index is 919. The SMILES string of the molecule is Cc1n[nH]c2nn3c(C4CCNCC4)cc(=O)nc3c2c1C. The van der Waals surface area contributed by atoms with E-state index in [0.717, 1.165) is 48.3 Å². The number of H-pyrrole nitrogens is 1. The van der Waals surface area contributed by atoms with Gasteiger partial charge in [-0.3, -0.25) is 9.89 Å². The lowest BCUT2D eigenvalue weighted by Crippen LogP contribution is -2.28. The molecule has 3 aromatic heterocycles. The second-order valence-corrected chi connectivity index (χ2v) is 5.94. The van der Waals surface area contributed by atoms with E-state index >= 15 is 0 Å². The molecule has 4 heterocycles. The van der Waals surface area contributed by atoms with Crippen LogP contribution >= 0.6 is 0 Å². The molecule has 0 bridgehead atoms. The van der Waals surface area contributed by atoms with E-state index in [9.17, 15) is 4.79 Å². The highest BCUT2D eigenvalue weighted by molar-refractivity contribution is 5.92. The first-order valence-corrected chi connectivity index (χ1v) is 7.61. The van der Waals surface area contributed by atoms with Crippen molar-refractivity contribution in [1.29, 1.82) is 0 Å². The number of piperidine rings is 1. The number of aromatic nitrogens is 5. The Kier molecular flexibility index (Phi) is 2.97. The first-order valence-electron chi connectivity index (χ1n) is 7.61. The maximum absolute atomic E-state index is 12.1. The van der Waals surface area contributed by atoms with Crippen LogP contribution in [-0.4, -0.2) is 37.9 Å². The Morgan fingerprint density at radius 1 is 1.27 bits per heavy atom. The van der Waals surface area contributed by atoms with E-state index in [1.54, 1.807) is 6.07 Å². The van der Waals surface area contributed by atoms with Crippen LogP contribution in [0.1, 0.15) is 35.7 Å². The van der Waals surface area contributed by atoms with Crippen LogP contribution in [0.2, 0.25) is 0 Å². The number of aryl methyl sites for hydroxylation is 2. The van der Waals surface area contributed by atoms with Gasteiger partial charge in [0.2, 0.25) is 0 Å². The molecule has 114 valence electrons. The van der Waals surface area contributed by atoms with Gasteiger partial charge >= 0.3 is 0 Å². The molecule has 22 heavy (non-hydrogen) atoms. The zero-order valence-corrected chi connectivity index (χ0v) is 12.7. The molecule has 7 heteroatoms. The van der Waals surface area contributed by atoms with Gasteiger partial charge in [-0.1, -0.05) is 0 Å². The van der Waals surface area contributed by atoms with Crippen molar-refractivity contribution in [2.45, 2.75) is 32.6 Å². The average Bonchev–Trinajstić information content (AvgIpc) is 2.90. The number of aromatic amines is 1. The van der Waals surface area contributed by atoms with Crippen LogP contribution in [0.3, 0.4) is 0 Å². The molecule has 2 N–H and O–H groups in total. The minimum absolute atomic E-state index is 0.198. The van der Waals surface area contributed by atoms with E-state index in [0.29, 0.717) is 17.2 Å². The smallest absolute Gasteiger partial charge is 0.273 e. The summed E-state index contributed by atoms with van der Waals surface area (Å²) in [6, 6.07) is 1.63. The second-order valence-electron chi connectivity index (χ2n) is 5.94. The largest absolute Gasteiger partial charge is 0.317 e. The van der Waals surface area contributed by atoms with Crippen molar-refractivity contribution in [1.82, 2.24) is 30.1 Å². The molecule has 1 fully saturated rings. The lowest BCUT2D eigenvalue weighted by molar-refractivity contribution is 0.446. The molecule has 3 aromatic rings. The van der Waals surface area contributed by atoms with Gasteiger partial charge in [0.05, 0.1) is 16.8 Å². The van der Waals surface area contributed by atoms with Gasteiger partial charge in [-0.15, -0.1) is 5.10 Å². The van der Waals surface area contributed by atoms with E-state index in [4.69, 9.17) is 0 Å². The molecule has 0 atom stereocenters. The lowest BCUT2D eigenvalue weighted by atomic mass is 9.94. The predicted octanol–water partition coefficient (Wildman–Crippen LogP) is 1.05. The van der Waals surface area contributed by atoms with Crippen LogP contribution in [0.25, 0.3) is 16.7 Å². The fourth-order valence-corrected chi connectivity index (χ4v) is 3.25. The molecule has 0 saturated carbocycles. The number of nitrogens with one attached hydrogen (secondary N) is 2. The number of nitrogens with zero attached hydrogens (tertiary/aromatic N) is 4. The molecule has 0 amide bonds. The summed E-state index contributed by atoms with van der Waals surface area (Å²) in [6.45, 7) is 5.86. The van der Waals surface area contributed by atoms with Crippen molar-refractivity contribution in [3.8, 4) is 0 Å². The monoisotopic (exact) mass is 298 g/mol. The molecule has 0 aromatic carbocycles. The van der Waals surface area contributed by atoms with E-state index in [-0.39, 0.29) is 5.56 Å². The van der Waals surface area contributed by atoms with Gasteiger partial charge in [-0.25, -0.2) is 4.52 Å². The van der Waals surface area contributed by atoms with Crippen molar-refractivity contribution < 1.29 is 0 Å². The summed E-state index contributed by atoms with van der Waals surface area (Å²) >= 11 is 0. The standard InChI is InChI=1S/C15H18N6O/c1-8-9(2)18-19-14-13(8)15-17-12(22)7-11(21(15)20-14)10-3-5-16-6-4-10/h7,10,16H,3-6H2,1-2H3,(H,19,20). The summed E-state index contributed by atoms with van der Waals surface area (Å²) in [6.07, 6.45) is 2.02. The summed E-state index contributed by atoms with van der Waals surface area (Å²) in [5.41, 5.74) is 3.98. The third-order valence-corrected chi connectivity index (χ3v) is 4.60. The fraction of sp³-hybridized carbons (Fsp3) is 0.467. The third kappa shape index (κ3) is 1.93. The van der Waals surface area contributed by atoms with Crippen molar-refractivity contribution in [3.05, 3.63) is 33.4 Å². The molecule has 4 rings (SSSR count). The second kappa shape index (κ2) is 4.88. The van der Waals surface area contributed by atoms with Gasteiger partial charge in [-0.05, 0) is 45.3 Å². The Hall–Kier alpha value is -2.28. The highest BCUT2D eigenvalue weighted by Crippen LogP contribution is 2.27. The van der Waals surface area contributed by atoms with Crippen molar-refractivity contribution >= 4 is 16.7 Å². The Labute approximate surface area is 126 Å². The zero-order chi connectivity index (χ0) is 15.3. The van der Waals surface area contributed by atoms with Crippen molar-refractivity contribution in [2.75, 3.05) is 13.1 Å². The van der Waals surface area contributed by atoms with E-state index in [1.807, 2.05) is 18.4 Å². The molecule has 1 saturated heterocycles. The predicted molar refractivity (Wildman–Crippen MR) is 83.2 cm³/mol. The maximum atomic E-state index is 12.1. The number of hydrogen-bond donors (Lipinski definition) is 2. The zero-order valence-electron chi connectivity index (χ0n) is 12.7. The van der Waals surface area contributed by atoms with Crippen LogP contribution in [-0.2, 0) is 0 Å². The quantitative estimate of drug-likeness (QED) is 0.701. The van der Waals surface area contributed by atoms with Crippen LogP contribution in [0.4, 0.5) is 0 Å². The topological polar surface area (TPSA) is 88.0 Å². The number of hydrogen-bond acceptors (Lipinski definition) is 5. The highest BCUT2D eigenvalue weighted by atomic mass is 16.1. The molecule has 0 radical (unpaired) electrons. The summed E-state index contributed by atoms with van der Waals surface area (Å²) in [4.78, 5) is 16.3. The number of rotatable bonds is 1. The molecular weight excluding hydrogens is 280 g/mol. The normalized spacial score (nSPS) is 16.6. The molecule has 7 nitrogen and oxygen atoms in total. The van der Waals surface area contributed by atoms with Crippen LogP contribution in [0.15, 0.2) is 10.9 Å². The fourth-order valence-electron chi connectivity index (χ4n) is 3.25. The first-order chi connectivity index (χ1) is 10.6. The molecule has 1 aliphatic rings. The maximum Gasteiger partial charge on any atom is 0.273 e.